The summed E-state index contributed by atoms with van der Waals surface area (Å²) in [6, 6.07) is 0.300. The van der Waals surface area contributed by atoms with Gasteiger partial charge in [-0.2, -0.15) is 0 Å². The first-order chi connectivity index (χ1) is 6.66. The SMILES string of the molecule is COCCC(C)n1ccnc1C(N)=S. The minimum absolute atomic E-state index is 0.300. The van der Waals surface area contributed by atoms with E-state index in [0.717, 1.165) is 13.0 Å². The van der Waals surface area contributed by atoms with Crippen molar-refractivity contribution in [2.24, 2.45) is 5.73 Å². The Hall–Kier alpha value is -0.940. The average Bonchev–Trinajstić information content (AvgIpc) is 2.62. The largest absolute Gasteiger partial charge is 0.387 e. The van der Waals surface area contributed by atoms with E-state index in [-0.39, 0.29) is 0 Å². The molecule has 4 nitrogen and oxygen atoms in total. The fourth-order valence-corrected chi connectivity index (χ4v) is 1.45. The van der Waals surface area contributed by atoms with E-state index in [1.807, 2.05) is 10.8 Å². The van der Waals surface area contributed by atoms with Crippen molar-refractivity contribution in [2.45, 2.75) is 19.4 Å². The van der Waals surface area contributed by atoms with Crippen LogP contribution in [0.3, 0.4) is 0 Å². The fourth-order valence-electron chi connectivity index (χ4n) is 1.29. The number of hydrogen-bond acceptors (Lipinski definition) is 3. The predicted octanol–water partition coefficient (Wildman–Crippen LogP) is 1.11. The Morgan fingerprint density at radius 1 is 1.79 bits per heavy atom. The second-order valence-electron chi connectivity index (χ2n) is 3.15. The normalized spacial score (nSPS) is 12.7. The van der Waals surface area contributed by atoms with Crippen LogP contribution in [0.2, 0.25) is 0 Å². The Morgan fingerprint density at radius 3 is 3.07 bits per heavy atom. The predicted molar refractivity (Wildman–Crippen MR) is 59.3 cm³/mol. The maximum Gasteiger partial charge on any atom is 0.167 e. The molecule has 1 aromatic heterocycles. The molecule has 0 fully saturated rings. The summed E-state index contributed by atoms with van der Waals surface area (Å²) < 4.78 is 6.99. The number of ether oxygens (including phenoxy) is 1. The lowest BCUT2D eigenvalue weighted by Gasteiger charge is -2.15. The highest BCUT2D eigenvalue weighted by molar-refractivity contribution is 7.80. The zero-order chi connectivity index (χ0) is 10.6. The molecular weight excluding hydrogens is 198 g/mol. The van der Waals surface area contributed by atoms with Gasteiger partial charge in [-0.1, -0.05) is 12.2 Å². The molecule has 0 saturated heterocycles. The zero-order valence-electron chi connectivity index (χ0n) is 8.43. The van der Waals surface area contributed by atoms with Crippen molar-refractivity contribution in [2.75, 3.05) is 13.7 Å². The van der Waals surface area contributed by atoms with Crippen LogP contribution in [0.4, 0.5) is 0 Å². The molecule has 78 valence electrons. The number of imidazole rings is 1. The van der Waals surface area contributed by atoms with Crippen LogP contribution in [0.1, 0.15) is 25.2 Å². The molecule has 0 amide bonds. The van der Waals surface area contributed by atoms with Crippen LogP contribution in [0.25, 0.3) is 0 Å². The van der Waals surface area contributed by atoms with Crippen molar-refractivity contribution in [3.63, 3.8) is 0 Å². The third-order valence-electron chi connectivity index (χ3n) is 2.10. The summed E-state index contributed by atoms with van der Waals surface area (Å²) in [6.45, 7) is 2.80. The summed E-state index contributed by atoms with van der Waals surface area (Å²) in [5.41, 5.74) is 5.54. The van der Waals surface area contributed by atoms with Crippen LogP contribution in [0.5, 0.6) is 0 Å². The van der Waals surface area contributed by atoms with Crippen molar-refractivity contribution in [3.05, 3.63) is 18.2 Å². The lowest BCUT2D eigenvalue weighted by molar-refractivity contribution is 0.181. The summed E-state index contributed by atoms with van der Waals surface area (Å²) in [6.07, 6.45) is 4.51. The monoisotopic (exact) mass is 213 g/mol. The highest BCUT2D eigenvalue weighted by atomic mass is 32.1. The lowest BCUT2D eigenvalue weighted by Crippen LogP contribution is -2.19. The van der Waals surface area contributed by atoms with E-state index >= 15 is 0 Å². The van der Waals surface area contributed by atoms with E-state index < -0.39 is 0 Å². The van der Waals surface area contributed by atoms with Crippen LogP contribution in [0, 0.1) is 0 Å². The highest BCUT2D eigenvalue weighted by Gasteiger charge is 2.10. The molecular formula is C9H15N3OS. The van der Waals surface area contributed by atoms with Gasteiger partial charge in [-0.25, -0.2) is 4.98 Å². The Labute approximate surface area is 89.1 Å². The van der Waals surface area contributed by atoms with Crippen LogP contribution in [-0.4, -0.2) is 28.3 Å². The molecule has 0 aromatic carbocycles. The van der Waals surface area contributed by atoms with Crippen molar-refractivity contribution in [1.29, 1.82) is 0 Å². The number of methoxy groups -OCH3 is 1. The summed E-state index contributed by atoms with van der Waals surface area (Å²) >= 11 is 4.90. The first-order valence-electron chi connectivity index (χ1n) is 4.48. The minimum Gasteiger partial charge on any atom is -0.387 e. The van der Waals surface area contributed by atoms with Gasteiger partial charge in [-0.3, -0.25) is 0 Å². The second kappa shape index (κ2) is 5.07. The molecule has 0 aliphatic heterocycles. The van der Waals surface area contributed by atoms with Crippen LogP contribution in [-0.2, 0) is 4.74 Å². The van der Waals surface area contributed by atoms with Gasteiger partial charge in [0.15, 0.2) is 5.82 Å². The number of nitrogens with two attached hydrogens (primary N) is 1. The number of hydrogen-bond donors (Lipinski definition) is 1. The van der Waals surface area contributed by atoms with Crippen molar-refractivity contribution in [3.8, 4) is 0 Å². The van der Waals surface area contributed by atoms with Crippen LogP contribution >= 0.6 is 12.2 Å². The fraction of sp³-hybridized carbons (Fsp3) is 0.556. The number of rotatable bonds is 5. The topological polar surface area (TPSA) is 53.1 Å². The van der Waals surface area contributed by atoms with E-state index in [0.29, 0.717) is 16.9 Å². The Bertz CT molecular complexity index is 311. The molecule has 0 spiro atoms. The van der Waals surface area contributed by atoms with Gasteiger partial charge < -0.3 is 15.0 Å². The van der Waals surface area contributed by atoms with E-state index in [2.05, 4.69) is 11.9 Å². The number of nitrogens with zero attached hydrogens (tertiary/aromatic N) is 2. The van der Waals surface area contributed by atoms with Crippen LogP contribution < -0.4 is 5.73 Å². The van der Waals surface area contributed by atoms with Gasteiger partial charge in [-0.15, -0.1) is 0 Å². The summed E-state index contributed by atoms with van der Waals surface area (Å²) in [5, 5.41) is 0. The molecule has 1 rings (SSSR count). The summed E-state index contributed by atoms with van der Waals surface area (Å²) in [7, 11) is 1.69. The Balaban J connectivity index is 2.73. The van der Waals surface area contributed by atoms with E-state index in [4.69, 9.17) is 22.7 Å². The quantitative estimate of drug-likeness (QED) is 0.745. The van der Waals surface area contributed by atoms with Gasteiger partial charge in [0.1, 0.15) is 4.99 Å². The van der Waals surface area contributed by atoms with Gasteiger partial charge in [0.25, 0.3) is 0 Å². The van der Waals surface area contributed by atoms with Gasteiger partial charge in [0.05, 0.1) is 0 Å². The highest BCUT2D eigenvalue weighted by Crippen LogP contribution is 2.12. The third-order valence-corrected chi connectivity index (χ3v) is 2.29. The first-order valence-corrected chi connectivity index (χ1v) is 4.89. The summed E-state index contributed by atoms with van der Waals surface area (Å²) in [4.78, 5) is 4.43. The molecule has 0 aliphatic rings. The molecule has 0 aliphatic carbocycles. The van der Waals surface area contributed by atoms with Crippen molar-refractivity contribution in [1.82, 2.24) is 9.55 Å². The summed E-state index contributed by atoms with van der Waals surface area (Å²) in [5.74, 6) is 0.670. The smallest absolute Gasteiger partial charge is 0.167 e. The lowest BCUT2D eigenvalue weighted by atomic mass is 10.2. The molecule has 0 saturated carbocycles. The molecule has 0 radical (unpaired) electrons. The molecule has 1 unspecified atom stereocenters. The maximum atomic E-state index is 5.54. The molecule has 1 atom stereocenters. The van der Waals surface area contributed by atoms with Gasteiger partial charge in [-0.05, 0) is 13.3 Å². The zero-order valence-corrected chi connectivity index (χ0v) is 9.25. The van der Waals surface area contributed by atoms with Gasteiger partial charge >= 0.3 is 0 Å². The van der Waals surface area contributed by atoms with E-state index in [9.17, 15) is 0 Å². The van der Waals surface area contributed by atoms with E-state index in [1.165, 1.54) is 0 Å². The standard InChI is InChI=1S/C9H15N3OS/c1-7(3-6-13-2)12-5-4-11-9(12)8(10)14/h4-5,7H,3,6H2,1-2H3,(H2,10,14). The average molecular weight is 213 g/mol. The van der Waals surface area contributed by atoms with Gasteiger partial charge in [0.2, 0.25) is 0 Å². The molecule has 0 bridgehead atoms. The molecule has 1 aromatic rings. The molecule has 1 heterocycles. The maximum absolute atomic E-state index is 5.54. The molecule has 14 heavy (non-hydrogen) atoms. The third kappa shape index (κ3) is 2.52. The van der Waals surface area contributed by atoms with Gasteiger partial charge in [0, 0.05) is 32.2 Å². The van der Waals surface area contributed by atoms with Crippen molar-refractivity contribution >= 4 is 17.2 Å². The minimum atomic E-state index is 0.300. The van der Waals surface area contributed by atoms with E-state index in [1.54, 1.807) is 13.3 Å². The van der Waals surface area contributed by atoms with Crippen molar-refractivity contribution < 1.29 is 4.74 Å². The number of aromatic nitrogens is 2. The number of thiocarbonyl (C=S) groups is 1. The molecule has 2 N–H and O–H groups in total. The first kappa shape index (κ1) is 11.1. The van der Waals surface area contributed by atoms with Crippen LogP contribution in [0.15, 0.2) is 12.4 Å². The molecule has 5 heteroatoms. The second-order valence-corrected chi connectivity index (χ2v) is 3.59. The Kier molecular flexibility index (Phi) is 4.03. The Morgan fingerprint density at radius 2 is 2.50 bits per heavy atom.